The summed E-state index contributed by atoms with van der Waals surface area (Å²) in [6.07, 6.45) is 1.74. The Labute approximate surface area is 58.4 Å². The van der Waals surface area contributed by atoms with Crippen LogP contribution in [0, 0.1) is 6.92 Å². The topological polar surface area (TPSA) is 26.0 Å². The van der Waals surface area contributed by atoms with E-state index in [0.717, 1.165) is 11.0 Å². The van der Waals surface area contributed by atoms with Gasteiger partial charge in [-0.1, -0.05) is 17.3 Å². The number of hydrogen-bond donors (Lipinski definition) is 0. The lowest BCUT2D eigenvalue weighted by atomic mass is 10.2. The number of rotatable bonds is 0. The summed E-state index contributed by atoms with van der Waals surface area (Å²) in [6.45, 7) is 2.04. The first-order valence-corrected chi connectivity index (χ1v) is 3.18. The maximum absolute atomic E-state index is 4.95. The zero-order valence-electron chi connectivity index (χ0n) is 5.66. The van der Waals surface area contributed by atoms with E-state index in [1.165, 1.54) is 5.56 Å². The summed E-state index contributed by atoms with van der Waals surface area (Å²) in [6, 6.07) is 5.91. The molecule has 0 saturated carbocycles. The predicted molar refractivity (Wildman–Crippen MR) is 38.7 cm³/mol. The maximum Gasteiger partial charge on any atom is 0.167 e. The minimum absolute atomic E-state index is 0.861. The SMILES string of the molecule is Cc1cccc2oncc12. The Hall–Kier alpha value is -1.31. The van der Waals surface area contributed by atoms with Crippen LogP contribution in [-0.4, -0.2) is 5.16 Å². The molecule has 0 atom stereocenters. The molecule has 0 aliphatic rings. The number of aryl methyl sites for hydroxylation is 1. The van der Waals surface area contributed by atoms with Crippen LogP contribution in [0.3, 0.4) is 0 Å². The highest BCUT2D eigenvalue weighted by Gasteiger charge is 1.97. The van der Waals surface area contributed by atoms with Gasteiger partial charge in [-0.25, -0.2) is 0 Å². The third kappa shape index (κ3) is 0.620. The lowest BCUT2D eigenvalue weighted by molar-refractivity contribution is 0.456. The molecule has 0 aliphatic carbocycles. The van der Waals surface area contributed by atoms with Crippen molar-refractivity contribution in [2.24, 2.45) is 0 Å². The summed E-state index contributed by atoms with van der Waals surface area (Å²) in [5.41, 5.74) is 2.07. The Morgan fingerprint density at radius 3 is 3.10 bits per heavy atom. The van der Waals surface area contributed by atoms with Crippen molar-refractivity contribution in [3.63, 3.8) is 0 Å². The second-order valence-corrected chi connectivity index (χ2v) is 2.31. The standard InChI is InChI=1S/C8H7NO/c1-6-3-2-4-8-7(6)5-9-10-8/h2-5H,1H3. The monoisotopic (exact) mass is 133 g/mol. The summed E-state index contributed by atoms with van der Waals surface area (Å²) in [5.74, 6) is 0. The highest BCUT2D eigenvalue weighted by molar-refractivity contribution is 5.79. The van der Waals surface area contributed by atoms with E-state index in [0.29, 0.717) is 0 Å². The van der Waals surface area contributed by atoms with E-state index in [1.807, 2.05) is 25.1 Å². The van der Waals surface area contributed by atoms with E-state index in [-0.39, 0.29) is 0 Å². The van der Waals surface area contributed by atoms with Gasteiger partial charge in [0.05, 0.1) is 6.20 Å². The fourth-order valence-corrected chi connectivity index (χ4v) is 1.03. The van der Waals surface area contributed by atoms with E-state index in [9.17, 15) is 0 Å². The third-order valence-corrected chi connectivity index (χ3v) is 1.62. The lowest BCUT2D eigenvalue weighted by Crippen LogP contribution is -1.69. The molecule has 0 fully saturated rings. The molecule has 10 heavy (non-hydrogen) atoms. The fourth-order valence-electron chi connectivity index (χ4n) is 1.03. The van der Waals surface area contributed by atoms with Crippen molar-refractivity contribution in [2.45, 2.75) is 6.92 Å². The molecule has 2 heteroatoms. The first-order valence-electron chi connectivity index (χ1n) is 3.18. The predicted octanol–water partition coefficient (Wildman–Crippen LogP) is 2.14. The summed E-state index contributed by atoms with van der Waals surface area (Å²) in [7, 11) is 0. The number of aromatic nitrogens is 1. The molecule has 2 nitrogen and oxygen atoms in total. The van der Waals surface area contributed by atoms with Crippen molar-refractivity contribution in [2.75, 3.05) is 0 Å². The Bertz CT molecular complexity index is 351. The van der Waals surface area contributed by atoms with E-state index in [4.69, 9.17) is 4.52 Å². The van der Waals surface area contributed by atoms with Crippen LogP contribution in [0.2, 0.25) is 0 Å². The molecule has 0 saturated heterocycles. The summed E-state index contributed by atoms with van der Waals surface area (Å²) in [4.78, 5) is 0. The molecule has 50 valence electrons. The van der Waals surface area contributed by atoms with E-state index in [1.54, 1.807) is 6.20 Å². The number of fused-ring (bicyclic) bond motifs is 1. The number of hydrogen-bond acceptors (Lipinski definition) is 2. The van der Waals surface area contributed by atoms with Gasteiger partial charge in [-0.3, -0.25) is 0 Å². The highest BCUT2D eigenvalue weighted by Crippen LogP contribution is 2.16. The smallest absolute Gasteiger partial charge is 0.167 e. The summed E-state index contributed by atoms with van der Waals surface area (Å²) in [5, 5.41) is 4.79. The molecule has 0 radical (unpaired) electrons. The molecular weight excluding hydrogens is 126 g/mol. The second-order valence-electron chi connectivity index (χ2n) is 2.31. The summed E-state index contributed by atoms with van der Waals surface area (Å²) >= 11 is 0. The Balaban J connectivity index is 2.95. The Morgan fingerprint density at radius 1 is 1.40 bits per heavy atom. The maximum atomic E-state index is 4.95. The zero-order valence-corrected chi connectivity index (χ0v) is 5.66. The zero-order chi connectivity index (χ0) is 6.97. The van der Waals surface area contributed by atoms with Gasteiger partial charge in [-0.2, -0.15) is 0 Å². The molecule has 1 aromatic carbocycles. The van der Waals surface area contributed by atoms with Crippen molar-refractivity contribution in [3.8, 4) is 0 Å². The van der Waals surface area contributed by atoms with Gasteiger partial charge in [-0.15, -0.1) is 0 Å². The van der Waals surface area contributed by atoms with Gasteiger partial charge in [0.1, 0.15) is 0 Å². The van der Waals surface area contributed by atoms with Crippen molar-refractivity contribution >= 4 is 11.0 Å². The van der Waals surface area contributed by atoms with Crippen molar-refractivity contribution in [1.82, 2.24) is 5.16 Å². The number of nitrogens with zero attached hydrogens (tertiary/aromatic N) is 1. The van der Waals surface area contributed by atoms with Crippen molar-refractivity contribution < 1.29 is 4.52 Å². The normalized spacial score (nSPS) is 10.5. The molecule has 0 bridgehead atoms. The molecule has 0 amide bonds. The minimum Gasteiger partial charge on any atom is -0.356 e. The van der Waals surface area contributed by atoms with E-state index in [2.05, 4.69) is 5.16 Å². The summed E-state index contributed by atoms with van der Waals surface area (Å²) < 4.78 is 4.95. The highest BCUT2D eigenvalue weighted by atomic mass is 16.5. The molecule has 0 N–H and O–H groups in total. The Morgan fingerprint density at radius 2 is 2.30 bits per heavy atom. The molecule has 0 unspecified atom stereocenters. The van der Waals surface area contributed by atoms with Gasteiger partial charge in [0.15, 0.2) is 5.58 Å². The molecule has 2 rings (SSSR count). The van der Waals surface area contributed by atoms with Crippen LogP contribution in [0.4, 0.5) is 0 Å². The van der Waals surface area contributed by atoms with Crippen LogP contribution < -0.4 is 0 Å². The van der Waals surface area contributed by atoms with Crippen LogP contribution in [0.15, 0.2) is 28.9 Å². The first-order chi connectivity index (χ1) is 4.88. The average Bonchev–Trinajstić information content (AvgIpc) is 2.36. The van der Waals surface area contributed by atoms with Gasteiger partial charge >= 0.3 is 0 Å². The van der Waals surface area contributed by atoms with Crippen LogP contribution >= 0.6 is 0 Å². The van der Waals surface area contributed by atoms with Gasteiger partial charge in [0.2, 0.25) is 0 Å². The number of benzene rings is 1. The van der Waals surface area contributed by atoms with Gasteiger partial charge < -0.3 is 4.52 Å². The van der Waals surface area contributed by atoms with Crippen LogP contribution in [0.5, 0.6) is 0 Å². The first kappa shape index (κ1) is 5.47. The molecule has 0 aliphatic heterocycles. The van der Waals surface area contributed by atoms with E-state index < -0.39 is 0 Å². The second kappa shape index (κ2) is 1.84. The molecule has 1 aromatic heterocycles. The fraction of sp³-hybridized carbons (Fsp3) is 0.125. The van der Waals surface area contributed by atoms with Gasteiger partial charge in [0.25, 0.3) is 0 Å². The van der Waals surface area contributed by atoms with Crippen molar-refractivity contribution in [1.29, 1.82) is 0 Å². The minimum atomic E-state index is 0.861. The van der Waals surface area contributed by atoms with E-state index >= 15 is 0 Å². The van der Waals surface area contributed by atoms with Crippen LogP contribution in [0.1, 0.15) is 5.56 Å². The van der Waals surface area contributed by atoms with Crippen molar-refractivity contribution in [3.05, 3.63) is 30.0 Å². The van der Waals surface area contributed by atoms with Crippen LogP contribution in [-0.2, 0) is 0 Å². The molecule has 1 heterocycles. The molecule has 2 aromatic rings. The average molecular weight is 133 g/mol. The molecule has 0 spiro atoms. The molecular formula is C8H7NO. The quantitative estimate of drug-likeness (QED) is 0.550. The Kier molecular flexibility index (Phi) is 1.01. The van der Waals surface area contributed by atoms with Gasteiger partial charge in [0, 0.05) is 5.39 Å². The largest absolute Gasteiger partial charge is 0.356 e. The lowest BCUT2D eigenvalue weighted by Gasteiger charge is -1.88. The van der Waals surface area contributed by atoms with Gasteiger partial charge in [-0.05, 0) is 18.6 Å². The van der Waals surface area contributed by atoms with Crippen LogP contribution in [0.25, 0.3) is 11.0 Å². The third-order valence-electron chi connectivity index (χ3n) is 1.62.